The van der Waals surface area contributed by atoms with Crippen molar-refractivity contribution >= 4 is 11.4 Å². The maximum atomic E-state index is 5.66. The van der Waals surface area contributed by atoms with Gasteiger partial charge in [0.1, 0.15) is 24.7 Å². The average Bonchev–Trinajstić information content (AvgIpc) is 2.51. The first-order valence-corrected chi connectivity index (χ1v) is 7.29. The van der Waals surface area contributed by atoms with Gasteiger partial charge in [-0.05, 0) is 55.6 Å². The van der Waals surface area contributed by atoms with Gasteiger partial charge in [-0.3, -0.25) is 4.90 Å². The highest BCUT2D eigenvalue weighted by molar-refractivity contribution is 5.42. The van der Waals surface area contributed by atoms with Gasteiger partial charge in [0.15, 0.2) is 0 Å². The SMILES string of the molecule is CN(CCOc1ccc(N)cc1)CCOc1ccc(N)cc1. The topological polar surface area (TPSA) is 73.7 Å². The zero-order valence-electron chi connectivity index (χ0n) is 12.9. The van der Waals surface area contributed by atoms with E-state index in [1.54, 1.807) is 0 Å². The summed E-state index contributed by atoms with van der Waals surface area (Å²) in [5.74, 6) is 1.67. The van der Waals surface area contributed by atoms with Crippen LogP contribution in [0.2, 0.25) is 0 Å². The van der Waals surface area contributed by atoms with Gasteiger partial charge < -0.3 is 20.9 Å². The molecule has 0 unspecified atom stereocenters. The highest BCUT2D eigenvalue weighted by Crippen LogP contribution is 2.13. The van der Waals surface area contributed by atoms with Crippen LogP contribution in [0.5, 0.6) is 11.5 Å². The van der Waals surface area contributed by atoms with Crippen LogP contribution in [0.25, 0.3) is 0 Å². The van der Waals surface area contributed by atoms with Gasteiger partial charge in [0.2, 0.25) is 0 Å². The minimum atomic E-state index is 0.627. The molecule has 22 heavy (non-hydrogen) atoms. The van der Waals surface area contributed by atoms with Gasteiger partial charge >= 0.3 is 0 Å². The molecule has 2 aromatic carbocycles. The summed E-state index contributed by atoms with van der Waals surface area (Å²) in [4.78, 5) is 2.16. The smallest absolute Gasteiger partial charge is 0.119 e. The largest absolute Gasteiger partial charge is 0.492 e. The Balaban J connectivity index is 1.60. The molecule has 0 aliphatic carbocycles. The van der Waals surface area contributed by atoms with Crippen molar-refractivity contribution in [3.63, 3.8) is 0 Å². The van der Waals surface area contributed by atoms with Crippen molar-refractivity contribution in [2.75, 3.05) is 44.8 Å². The molecule has 0 saturated carbocycles. The molecule has 118 valence electrons. The summed E-state index contributed by atoms with van der Waals surface area (Å²) in [6.45, 7) is 2.91. The first-order chi connectivity index (χ1) is 10.6. The molecule has 0 fully saturated rings. The van der Waals surface area contributed by atoms with Crippen molar-refractivity contribution in [1.29, 1.82) is 0 Å². The zero-order chi connectivity index (χ0) is 15.8. The Hall–Kier alpha value is -2.40. The molecule has 0 spiro atoms. The van der Waals surface area contributed by atoms with E-state index >= 15 is 0 Å². The van der Waals surface area contributed by atoms with Gasteiger partial charge in [-0.25, -0.2) is 0 Å². The van der Waals surface area contributed by atoms with Crippen molar-refractivity contribution in [3.8, 4) is 11.5 Å². The van der Waals surface area contributed by atoms with Crippen molar-refractivity contribution in [2.45, 2.75) is 0 Å². The van der Waals surface area contributed by atoms with Crippen LogP contribution < -0.4 is 20.9 Å². The number of hydrogen-bond acceptors (Lipinski definition) is 5. The predicted molar refractivity (Wildman–Crippen MR) is 90.2 cm³/mol. The maximum Gasteiger partial charge on any atom is 0.119 e. The molecule has 0 aromatic heterocycles. The fraction of sp³-hybridized carbons (Fsp3) is 0.294. The molecule has 0 heterocycles. The van der Waals surface area contributed by atoms with Crippen LogP contribution in [0.15, 0.2) is 48.5 Å². The van der Waals surface area contributed by atoms with Crippen LogP contribution >= 0.6 is 0 Å². The number of rotatable bonds is 8. The lowest BCUT2D eigenvalue weighted by Crippen LogP contribution is -2.28. The molecular formula is C17H23N3O2. The molecule has 0 amide bonds. The minimum Gasteiger partial charge on any atom is -0.492 e. The van der Waals surface area contributed by atoms with Crippen molar-refractivity contribution in [2.24, 2.45) is 0 Å². The van der Waals surface area contributed by atoms with Crippen LogP contribution in [-0.2, 0) is 0 Å². The van der Waals surface area contributed by atoms with E-state index in [0.29, 0.717) is 13.2 Å². The van der Waals surface area contributed by atoms with Gasteiger partial charge in [0, 0.05) is 24.5 Å². The number of ether oxygens (including phenoxy) is 2. The third kappa shape index (κ3) is 5.54. The fourth-order valence-corrected chi connectivity index (χ4v) is 1.88. The Morgan fingerprint density at radius 1 is 0.727 bits per heavy atom. The highest BCUT2D eigenvalue weighted by Gasteiger charge is 2.00. The van der Waals surface area contributed by atoms with Gasteiger partial charge in [-0.2, -0.15) is 0 Å². The number of nitrogens with zero attached hydrogens (tertiary/aromatic N) is 1. The lowest BCUT2D eigenvalue weighted by Gasteiger charge is -2.17. The fourth-order valence-electron chi connectivity index (χ4n) is 1.88. The predicted octanol–water partition coefficient (Wildman–Crippen LogP) is 2.24. The van der Waals surface area contributed by atoms with E-state index in [1.165, 1.54) is 0 Å². The molecule has 0 saturated heterocycles. The number of hydrogen-bond donors (Lipinski definition) is 2. The molecule has 0 aliphatic heterocycles. The number of nitrogens with two attached hydrogens (primary N) is 2. The summed E-state index contributed by atoms with van der Waals surface area (Å²) in [5, 5.41) is 0. The average molecular weight is 301 g/mol. The van der Waals surface area contributed by atoms with E-state index in [4.69, 9.17) is 20.9 Å². The molecule has 5 heteroatoms. The quantitative estimate of drug-likeness (QED) is 0.732. The summed E-state index contributed by atoms with van der Waals surface area (Å²) in [6.07, 6.45) is 0. The zero-order valence-corrected chi connectivity index (χ0v) is 12.9. The molecule has 5 nitrogen and oxygen atoms in total. The van der Waals surface area contributed by atoms with E-state index < -0.39 is 0 Å². The lowest BCUT2D eigenvalue weighted by molar-refractivity contribution is 0.202. The Morgan fingerprint density at radius 3 is 1.45 bits per heavy atom. The Morgan fingerprint density at radius 2 is 1.09 bits per heavy atom. The Labute approximate surface area is 131 Å². The van der Waals surface area contributed by atoms with Crippen LogP contribution in [0, 0.1) is 0 Å². The molecule has 0 radical (unpaired) electrons. The number of nitrogen functional groups attached to an aromatic ring is 2. The first-order valence-electron chi connectivity index (χ1n) is 7.29. The Kier molecular flexibility index (Phi) is 5.91. The van der Waals surface area contributed by atoms with Gasteiger partial charge in [-0.15, -0.1) is 0 Å². The summed E-state index contributed by atoms with van der Waals surface area (Å²) in [5.41, 5.74) is 12.7. The molecule has 0 aliphatic rings. The van der Waals surface area contributed by atoms with Crippen LogP contribution in [0.3, 0.4) is 0 Å². The summed E-state index contributed by atoms with van der Waals surface area (Å²) in [7, 11) is 2.04. The summed E-state index contributed by atoms with van der Waals surface area (Å²) >= 11 is 0. The number of anilines is 2. The molecule has 0 atom stereocenters. The molecule has 4 N–H and O–H groups in total. The van der Waals surface area contributed by atoms with Crippen molar-refractivity contribution in [3.05, 3.63) is 48.5 Å². The van der Waals surface area contributed by atoms with Gasteiger partial charge in [0.05, 0.1) is 0 Å². The highest BCUT2D eigenvalue weighted by atomic mass is 16.5. The molecule has 2 aromatic rings. The standard InChI is InChI=1S/C17H23N3O2/c1-20(10-12-21-16-6-2-14(18)3-7-16)11-13-22-17-8-4-15(19)5-9-17/h2-9H,10-13,18-19H2,1H3. The maximum absolute atomic E-state index is 5.66. The van der Waals surface area contributed by atoms with Gasteiger partial charge in [0.25, 0.3) is 0 Å². The van der Waals surface area contributed by atoms with Crippen LogP contribution in [0.4, 0.5) is 11.4 Å². The third-order valence-corrected chi connectivity index (χ3v) is 3.24. The number of benzene rings is 2. The lowest BCUT2D eigenvalue weighted by atomic mass is 10.3. The second-order valence-electron chi connectivity index (χ2n) is 5.14. The molecule has 2 rings (SSSR count). The minimum absolute atomic E-state index is 0.627. The summed E-state index contributed by atoms with van der Waals surface area (Å²) in [6, 6.07) is 14.8. The van der Waals surface area contributed by atoms with Crippen LogP contribution in [0.1, 0.15) is 0 Å². The first kappa shape index (κ1) is 16.0. The second kappa shape index (κ2) is 8.14. The monoisotopic (exact) mass is 301 g/mol. The normalized spacial score (nSPS) is 10.6. The van der Waals surface area contributed by atoms with E-state index in [-0.39, 0.29) is 0 Å². The van der Waals surface area contributed by atoms with Crippen molar-refractivity contribution in [1.82, 2.24) is 4.90 Å². The van der Waals surface area contributed by atoms with Crippen LogP contribution in [-0.4, -0.2) is 38.3 Å². The molecule has 0 bridgehead atoms. The Bertz CT molecular complexity index is 504. The second-order valence-corrected chi connectivity index (χ2v) is 5.14. The summed E-state index contributed by atoms with van der Waals surface area (Å²) < 4.78 is 11.3. The van der Waals surface area contributed by atoms with Crippen molar-refractivity contribution < 1.29 is 9.47 Å². The van der Waals surface area contributed by atoms with E-state index in [2.05, 4.69) is 4.90 Å². The molecular weight excluding hydrogens is 278 g/mol. The van der Waals surface area contributed by atoms with E-state index in [9.17, 15) is 0 Å². The van der Waals surface area contributed by atoms with E-state index in [1.807, 2.05) is 55.6 Å². The third-order valence-electron chi connectivity index (χ3n) is 3.24. The number of likely N-dealkylation sites (N-methyl/N-ethyl adjacent to an activating group) is 1. The van der Waals surface area contributed by atoms with Gasteiger partial charge in [-0.1, -0.05) is 0 Å². The van der Waals surface area contributed by atoms with E-state index in [0.717, 1.165) is 36.0 Å².